The third-order valence-corrected chi connectivity index (χ3v) is 2.87. The maximum Gasteiger partial charge on any atom is 0.178 e. The summed E-state index contributed by atoms with van der Waals surface area (Å²) in [5, 5.41) is 15.6. The van der Waals surface area contributed by atoms with Crippen LogP contribution in [-0.4, -0.2) is 31.2 Å². The molecule has 0 aliphatic carbocycles. The molecule has 0 radical (unpaired) electrons. The molecular weight excluding hydrogens is 216 g/mol. The molecule has 0 amide bonds. The van der Waals surface area contributed by atoms with Gasteiger partial charge in [0.15, 0.2) is 11.6 Å². The monoisotopic (exact) mass is 232 g/mol. The topological polar surface area (TPSA) is 70.0 Å². The van der Waals surface area contributed by atoms with E-state index < -0.39 is 0 Å². The summed E-state index contributed by atoms with van der Waals surface area (Å²) in [5.74, 6) is 1.18. The lowest BCUT2D eigenvalue weighted by Crippen LogP contribution is -2.38. The van der Waals surface area contributed by atoms with Crippen LogP contribution in [0.2, 0.25) is 0 Å². The number of nitrogens with zero attached hydrogens (tertiary/aromatic N) is 2. The summed E-state index contributed by atoms with van der Waals surface area (Å²) in [4.78, 5) is 4.24. The van der Waals surface area contributed by atoms with Crippen LogP contribution in [0.1, 0.15) is 18.4 Å². The molecule has 0 saturated carbocycles. The summed E-state index contributed by atoms with van der Waals surface area (Å²) in [7, 11) is 1.56. The number of nitrogens with one attached hydrogen (secondary N) is 2. The SMILES string of the molecule is COc1c(C#N)ccnc1N[C@@H]1CCCNC1. The smallest absolute Gasteiger partial charge is 0.178 e. The molecule has 1 aromatic heterocycles. The molecular formula is C12H16N4O. The van der Waals surface area contributed by atoms with Crippen molar-refractivity contribution in [3.63, 3.8) is 0 Å². The van der Waals surface area contributed by atoms with Gasteiger partial charge in [-0.3, -0.25) is 0 Å². The Kier molecular flexibility index (Phi) is 3.78. The minimum absolute atomic E-state index is 0.346. The van der Waals surface area contributed by atoms with E-state index in [2.05, 4.69) is 21.7 Å². The van der Waals surface area contributed by atoms with Gasteiger partial charge in [0.2, 0.25) is 0 Å². The highest BCUT2D eigenvalue weighted by atomic mass is 16.5. The molecule has 0 unspecified atom stereocenters. The van der Waals surface area contributed by atoms with Crippen molar-refractivity contribution in [2.75, 3.05) is 25.5 Å². The Morgan fingerprint density at radius 2 is 2.53 bits per heavy atom. The zero-order chi connectivity index (χ0) is 12.1. The molecule has 1 saturated heterocycles. The highest BCUT2D eigenvalue weighted by molar-refractivity contribution is 5.58. The van der Waals surface area contributed by atoms with Gasteiger partial charge in [0, 0.05) is 18.8 Å². The lowest BCUT2D eigenvalue weighted by Gasteiger charge is -2.25. The Hall–Kier alpha value is -1.80. The number of ether oxygens (including phenoxy) is 1. The Labute approximate surface area is 101 Å². The molecule has 2 N–H and O–H groups in total. The minimum atomic E-state index is 0.346. The molecule has 90 valence electrons. The van der Waals surface area contributed by atoms with Crippen LogP contribution in [0.25, 0.3) is 0 Å². The Balaban J connectivity index is 2.17. The largest absolute Gasteiger partial charge is 0.492 e. The number of pyridine rings is 1. The fourth-order valence-electron chi connectivity index (χ4n) is 2.01. The number of aromatic nitrogens is 1. The number of methoxy groups -OCH3 is 1. The van der Waals surface area contributed by atoms with Gasteiger partial charge in [-0.15, -0.1) is 0 Å². The summed E-state index contributed by atoms with van der Waals surface area (Å²) in [6.07, 6.45) is 3.88. The number of rotatable bonds is 3. The van der Waals surface area contributed by atoms with E-state index in [-0.39, 0.29) is 0 Å². The van der Waals surface area contributed by atoms with Crippen LogP contribution in [0.4, 0.5) is 5.82 Å². The van der Waals surface area contributed by atoms with Crippen molar-refractivity contribution >= 4 is 5.82 Å². The molecule has 0 spiro atoms. The van der Waals surface area contributed by atoms with Crippen LogP contribution in [-0.2, 0) is 0 Å². The molecule has 1 aromatic rings. The summed E-state index contributed by atoms with van der Waals surface area (Å²) in [6.45, 7) is 1.99. The van der Waals surface area contributed by atoms with Gasteiger partial charge in [-0.05, 0) is 25.5 Å². The fraction of sp³-hybridized carbons (Fsp3) is 0.500. The summed E-state index contributed by atoms with van der Waals surface area (Å²) in [5.41, 5.74) is 0.508. The van der Waals surface area contributed by atoms with E-state index in [9.17, 15) is 0 Å². The molecule has 5 nitrogen and oxygen atoms in total. The summed E-state index contributed by atoms with van der Waals surface area (Å²) in [6, 6.07) is 4.11. The molecule has 1 aliphatic rings. The first-order chi connectivity index (χ1) is 8.35. The van der Waals surface area contributed by atoms with Crippen LogP contribution in [0.3, 0.4) is 0 Å². The number of hydrogen-bond acceptors (Lipinski definition) is 5. The maximum atomic E-state index is 8.98. The number of hydrogen-bond donors (Lipinski definition) is 2. The first kappa shape index (κ1) is 11.7. The van der Waals surface area contributed by atoms with Crippen molar-refractivity contribution in [2.24, 2.45) is 0 Å². The van der Waals surface area contributed by atoms with Crippen LogP contribution >= 0.6 is 0 Å². The van der Waals surface area contributed by atoms with Crippen molar-refractivity contribution in [3.05, 3.63) is 17.8 Å². The average Bonchev–Trinajstić information content (AvgIpc) is 2.39. The van der Waals surface area contributed by atoms with Crippen molar-refractivity contribution in [3.8, 4) is 11.8 Å². The van der Waals surface area contributed by atoms with Crippen molar-refractivity contribution in [1.82, 2.24) is 10.3 Å². The first-order valence-corrected chi connectivity index (χ1v) is 5.75. The molecule has 0 bridgehead atoms. The lowest BCUT2D eigenvalue weighted by atomic mass is 10.1. The second-order valence-electron chi connectivity index (χ2n) is 4.04. The van der Waals surface area contributed by atoms with Crippen molar-refractivity contribution in [2.45, 2.75) is 18.9 Å². The maximum absolute atomic E-state index is 8.98. The van der Waals surface area contributed by atoms with Crippen LogP contribution in [0.5, 0.6) is 5.75 Å². The Morgan fingerprint density at radius 1 is 1.65 bits per heavy atom. The van der Waals surface area contributed by atoms with Gasteiger partial charge in [-0.1, -0.05) is 0 Å². The molecule has 1 fully saturated rings. The quantitative estimate of drug-likeness (QED) is 0.817. The van der Waals surface area contributed by atoms with E-state index in [1.165, 1.54) is 0 Å². The van der Waals surface area contributed by atoms with Gasteiger partial charge in [-0.2, -0.15) is 5.26 Å². The Morgan fingerprint density at radius 3 is 3.18 bits per heavy atom. The van der Waals surface area contributed by atoms with E-state index in [1.54, 1.807) is 19.4 Å². The fourth-order valence-corrected chi connectivity index (χ4v) is 2.01. The molecule has 1 aliphatic heterocycles. The van der Waals surface area contributed by atoms with Gasteiger partial charge in [0.1, 0.15) is 6.07 Å². The van der Waals surface area contributed by atoms with Crippen molar-refractivity contribution in [1.29, 1.82) is 5.26 Å². The van der Waals surface area contributed by atoms with Gasteiger partial charge in [0.25, 0.3) is 0 Å². The first-order valence-electron chi connectivity index (χ1n) is 5.75. The third-order valence-electron chi connectivity index (χ3n) is 2.87. The second-order valence-corrected chi connectivity index (χ2v) is 4.04. The molecule has 0 aromatic carbocycles. The van der Waals surface area contributed by atoms with Crippen LogP contribution in [0.15, 0.2) is 12.3 Å². The highest BCUT2D eigenvalue weighted by Gasteiger charge is 2.16. The second kappa shape index (κ2) is 5.51. The predicted molar refractivity (Wildman–Crippen MR) is 65.0 cm³/mol. The Bertz CT molecular complexity index is 421. The molecule has 2 rings (SSSR count). The number of anilines is 1. The third kappa shape index (κ3) is 2.66. The lowest BCUT2D eigenvalue weighted by molar-refractivity contribution is 0.411. The minimum Gasteiger partial charge on any atom is -0.492 e. The highest BCUT2D eigenvalue weighted by Crippen LogP contribution is 2.26. The zero-order valence-electron chi connectivity index (χ0n) is 9.86. The van der Waals surface area contributed by atoms with E-state index in [1.807, 2.05) is 0 Å². The summed E-state index contributed by atoms with van der Waals surface area (Å²) < 4.78 is 5.24. The van der Waals surface area contributed by atoms with E-state index in [4.69, 9.17) is 10.00 Å². The van der Waals surface area contributed by atoms with Gasteiger partial charge in [0.05, 0.1) is 12.7 Å². The zero-order valence-corrected chi connectivity index (χ0v) is 9.86. The van der Waals surface area contributed by atoms with E-state index >= 15 is 0 Å². The predicted octanol–water partition coefficient (Wildman–Crippen LogP) is 1.13. The van der Waals surface area contributed by atoms with E-state index in [0.29, 0.717) is 23.2 Å². The van der Waals surface area contributed by atoms with Crippen molar-refractivity contribution < 1.29 is 4.74 Å². The van der Waals surface area contributed by atoms with Gasteiger partial charge >= 0.3 is 0 Å². The number of piperidine rings is 1. The molecule has 5 heteroatoms. The summed E-state index contributed by atoms with van der Waals surface area (Å²) >= 11 is 0. The normalized spacial score (nSPS) is 19.4. The molecule has 2 heterocycles. The molecule has 1 atom stereocenters. The van der Waals surface area contributed by atoms with Crippen LogP contribution in [0, 0.1) is 11.3 Å². The number of nitriles is 1. The van der Waals surface area contributed by atoms with Crippen LogP contribution < -0.4 is 15.4 Å². The average molecular weight is 232 g/mol. The van der Waals surface area contributed by atoms with E-state index in [0.717, 1.165) is 25.9 Å². The van der Waals surface area contributed by atoms with Gasteiger partial charge < -0.3 is 15.4 Å². The van der Waals surface area contributed by atoms with Gasteiger partial charge in [-0.25, -0.2) is 4.98 Å². The standard InChI is InChI=1S/C12H16N4O/c1-17-11-9(7-13)4-6-15-12(11)16-10-3-2-5-14-8-10/h4,6,10,14H,2-3,5,8H2,1H3,(H,15,16)/t10-/m1/s1. The molecule has 17 heavy (non-hydrogen) atoms.